The van der Waals surface area contributed by atoms with Crippen molar-refractivity contribution in [2.75, 3.05) is 25.6 Å². The first-order chi connectivity index (χ1) is 10.0. The number of nitrogens with two attached hydrogens (primary N) is 1. The molecule has 1 aliphatic carbocycles. The molecule has 1 atom stereocenters. The van der Waals surface area contributed by atoms with Crippen molar-refractivity contribution >= 4 is 11.7 Å². The van der Waals surface area contributed by atoms with Crippen LogP contribution in [-0.4, -0.2) is 26.3 Å². The van der Waals surface area contributed by atoms with E-state index in [9.17, 15) is 4.79 Å². The fourth-order valence-corrected chi connectivity index (χ4v) is 2.32. The molecule has 1 aliphatic rings. The summed E-state index contributed by atoms with van der Waals surface area (Å²) in [5, 5.41) is 5.79. The normalized spacial score (nSPS) is 17.1. The molecule has 1 saturated carbocycles. The van der Waals surface area contributed by atoms with Gasteiger partial charge in [-0.1, -0.05) is 12.1 Å². The van der Waals surface area contributed by atoms with Gasteiger partial charge in [0.1, 0.15) is 0 Å². The average Bonchev–Trinajstić information content (AvgIpc) is 3.24. The first-order valence-electron chi connectivity index (χ1n) is 7.44. The summed E-state index contributed by atoms with van der Waals surface area (Å²) in [6, 6.07) is 7.45. The number of benzene rings is 1. The smallest absolute Gasteiger partial charge is 0.319 e. The number of methoxy groups -OCH3 is 1. The topological polar surface area (TPSA) is 76.4 Å². The average molecular weight is 291 g/mol. The number of ether oxygens (including phenoxy) is 1. The van der Waals surface area contributed by atoms with Gasteiger partial charge in [-0.3, -0.25) is 0 Å². The van der Waals surface area contributed by atoms with Crippen molar-refractivity contribution < 1.29 is 9.53 Å². The molecule has 1 aromatic carbocycles. The van der Waals surface area contributed by atoms with Crippen LogP contribution in [0.4, 0.5) is 10.5 Å². The highest BCUT2D eigenvalue weighted by atomic mass is 16.5. The maximum atomic E-state index is 11.9. The maximum absolute atomic E-state index is 11.9. The number of rotatable bonds is 7. The Morgan fingerprint density at radius 1 is 1.38 bits per heavy atom. The van der Waals surface area contributed by atoms with Crippen LogP contribution in [0.25, 0.3) is 0 Å². The summed E-state index contributed by atoms with van der Waals surface area (Å²) >= 11 is 0. The number of nitrogens with one attached hydrogen (secondary N) is 2. The van der Waals surface area contributed by atoms with E-state index >= 15 is 0 Å². The zero-order chi connectivity index (χ0) is 15.3. The Morgan fingerprint density at radius 2 is 2.05 bits per heavy atom. The maximum Gasteiger partial charge on any atom is 0.319 e. The number of hydrogen-bond acceptors (Lipinski definition) is 3. The van der Waals surface area contributed by atoms with Gasteiger partial charge in [-0.15, -0.1) is 0 Å². The third kappa shape index (κ3) is 4.72. The van der Waals surface area contributed by atoms with Crippen molar-refractivity contribution in [3.8, 4) is 0 Å². The van der Waals surface area contributed by atoms with E-state index in [1.165, 1.54) is 12.8 Å². The lowest BCUT2D eigenvalue weighted by atomic mass is 10.0. The molecule has 5 nitrogen and oxygen atoms in total. The monoisotopic (exact) mass is 291 g/mol. The summed E-state index contributed by atoms with van der Waals surface area (Å²) in [5.74, 6) is 0. The molecule has 116 valence electrons. The van der Waals surface area contributed by atoms with E-state index < -0.39 is 0 Å². The van der Waals surface area contributed by atoms with Crippen molar-refractivity contribution in [3.63, 3.8) is 0 Å². The molecule has 2 rings (SSSR count). The van der Waals surface area contributed by atoms with E-state index in [-0.39, 0.29) is 17.5 Å². The first-order valence-corrected chi connectivity index (χ1v) is 7.44. The van der Waals surface area contributed by atoms with Crippen LogP contribution in [0.15, 0.2) is 24.3 Å². The summed E-state index contributed by atoms with van der Waals surface area (Å²) in [6.07, 6.45) is 3.34. The summed E-state index contributed by atoms with van der Waals surface area (Å²) in [6.45, 7) is 3.40. The lowest BCUT2D eigenvalue weighted by molar-refractivity contribution is 0.171. The molecule has 0 saturated heterocycles. The number of amides is 2. The molecule has 0 aliphatic heterocycles. The van der Waals surface area contributed by atoms with Crippen LogP contribution in [0, 0.1) is 5.41 Å². The van der Waals surface area contributed by atoms with Crippen LogP contribution in [-0.2, 0) is 4.74 Å². The Hall–Kier alpha value is -1.59. The molecule has 1 fully saturated rings. The Kier molecular flexibility index (Phi) is 5.20. The van der Waals surface area contributed by atoms with Gasteiger partial charge in [0.2, 0.25) is 0 Å². The van der Waals surface area contributed by atoms with Crippen LogP contribution >= 0.6 is 0 Å². The van der Waals surface area contributed by atoms with Gasteiger partial charge in [0.15, 0.2) is 0 Å². The molecular weight excluding hydrogens is 266 g/mol. The molecule has 1 unspecified atom stereocenters. The molecule has 1 aromatic rings. The summed E-state index contributed by atoms with van der Waals surface area (Å²) < 4.78 is 5.11. The third-order valence-electron chi connectivity index (χ3n) is 4.11. The van der Waals surface area contributed by atoms with Crippen LogP contribution < -0.4 is 16.4 Å². The number of hydrogen-bond donors (Lipinski definition) is 3. The predicted molar refractivity (Wildman–Crippen MR) is 84.2 cm³/mol. The third-order valence-corrected chi connectivity index (χ3v) is 4.11. The summed E-state index contributed by atoms with van der Waals surface area (Å²) in [4.78, 5) is 11.9. The van der Waals surface area contributed by atoms with Crippen molar-refractivity contribution in [2.24, 2.45) is 11.1 Å². The minimum absolute atomic E-state index is 0.00314. The summed E-state index contributed by atoms with van der Waals surface area (Å²) in [5.41, 5.74) is 7.88. The highest BCUT2D eigenvalue weighted by molar-refractivity contribution is 5.89. The molecule has 0 heterocycles. The van der Waals surface area contributed by atoms with E-state index in [0.29, 0.717) is 6.54 Å². The van der Waals surface area contributed by atoms with Gasteiger partial charge in [-0.2, -0.15) is 0 Å². The number of carbonyl (C=O) groups excluding carboxylic acids is 1. The lowest BCUT2D eigenvalue weighted by Gasteiger charge is -2.16. The van der Waals surface area contributed by atoms with E-state index in [1.807, 2.05) is 31.2 Å². The van der Waals surface area contributed by atoms with Gasteiger partial charge < -0.3 is 21.1 Å². The largest absolute Gasteiger partial charge is 0.385 e. The van der Waals surface area contributed by atoms with Crippen LogP contribution in [0.2, 0.25) is 0 Å². The minimum Gasteiger partial charge on any atom is -0.385 e. The highest BCUT2D eigenvalue weighted by Crippen LogP contribution is 2.48. The van der Waals surface area contributed by atoms with Crippen molar-refractivity contribution in [3.05, 3.63) is 29.8 Å². The van der Waals surface area contributed by atoms with Crippen molar-refractivity contribution in [2.45, 2.75) is 32.2 Å². The fourth-order valence-electron chi connectivity index (χ4n) is 2.32. The molecule has 4 N–H and O–H groups in total. The molecule has 0 aromatic heterocycles. The van der Waals surface area contributed by atoms with Gasteiger partial charge in [-0.05, 0) is 49.3 Å². The van der Waals surface area contributed by atoms with Gasteiger partial charge in [0.25, 0.3) is 0 Å². The second-order valence-corrected chi connectivity index (χ2v) is 5.96. The molecule has 2 amide bonds. The van der Waals surface area contributed by atoms with Crippen molar-refractivity contribution in [1.82, 2.24) is 5.32 Å². The minimum atomic E-state index is -0.160. The van der Waals surface area contributed by atoms with Gasteiger partial charge in [0.05, 0.1) is 0 Å². The zero-order valence-electron chi connectivity index (χ0n) is 12.8. The van der Waals surface area contributed by atoms with Crippen LogP contribution in [0.3, 0.4) is 0 Å². The van der Waals surface area contributed by atoms with Gasteiger partial charge in [0, 0.05) is 32.0 Å². The van der Waals surface area contributed by atoms with Crippen LogP contribution in [0.5, 0.6) is 0 Å². The van der Waals surface area contributed by atoms with E-state index in [2.05, 4.69) is 10.6 Å². The second-order valence-electron chi connectivity index (χ2n) is 5.96. The zero-order valence-corrected chi connectivity index (χ0v) is 12.8. The Morgan fingerprint density at radius 3 is 2.57 bits per heavy atom. The molecule has 0 spiro atoms. The lowest BCUT2D eigenvalue weighted by Crippen LogP contribution is -2.34. The molecule has 5 heteroatoms. The standard InChI is InChI=1S/C16H25N3O2/c1-12(17)13-3-5-14(6-4-13)19-15(20)18-11-16(7-8-16)9-10-21-2/h3-6,12H,7-11,17H2,1-2H3,(H2,18,19,20). The SMILES string of the molecule is COCCC1(CNC(=O)Nc2ccc(C(C)N)cc2)CC1. The van der Waals surface area contributed by atoms with Gasteiger partial charge >= 0.3 is 6.03 Å². The van der Waals surface area contributed by atoms with Crippen LogP contribution in [0.1, 0.15) is 37.8 Å². The molecule has 0 radical (unpaired) electrons. The van der Waals surface area contributed by atoms with E-state index in [4.69, 9.17) is 10.5 Å². The first kappa shape index (κ1) is 15.8. The van der Waals surface area contributed by atoms with E-state index in [1.54, 1.807) is 7.11 Å². The molecule has 0 bridgehead atoms. The Bertz CT molecular complexity index is 467. The molecular formula is C16H25N3O2. The Balaban J connectivity index is 1.77. The second kappa shape index (κ2) is 6.91. The quantitative estimate of drug-likeness (QED) is 0.723. The van der Waals surface area contributed by atoms with Crippen molar-refractivity contribution in [1.29, 1.82) is 0 Å². The predicted octanol–water partition coefficient (Wildman–Crippen LogP) is 2.64. The van der Waals surface area contributed by atoms with Gasteiger partial charge in [-0.25, -0.2) is 4.79 Å². The Labute approximate surface area is 126 Å². The number of anilines is 1. The fraction of sp³-hybridized carbons (Fsp3) is 0.562. The highest BCUT2D eigenvalue weighted by Gasteiger charge is 2.42. The number of urea groups is 1. The number of carbonyl (C=O) groups is 1. The molecule has 21 heavy (non-hydrogen) atoms. The summed E-state index contributed by atoms with van der Waals surface area (Å²) in [7, 11) is 1.71. The van der Waals surface area contributed by atoms with E-state index in [0.717, 1.165) is 24.3 Å².